The van der Waals surface area contributed by atoms with Gasteiger partial charge in [0.15, 0.2) is 17.3 Å². The molecule has 0 aromatic heterocycles. The van der Waals surface area contributed by atoms with Crippen LogP contribution in [-0.2, 0) is 14.4 Å². The van der Waals surface area contributed by atoms with Crippen LogP contribution in [0.15, 0.2) is 103 Å². The Morgan fingerprint density at radius 3 is 2.22 bits per heavy atom. The van der Waals surface area contributed by atoms with Gasteiger partial charge in [0.2, 0.25) is 11.8 Å². The number of nitrogens with zero attached hydrogens (tertiary/aromatic N) is 2. The molecule has 0 bridgehead atoms. The predicted molar refractivity (Wildman–Crippen MR) is 164 cm³/mol. The van der Waals surface area contributed by atoms with Gasteiger partial charge in [-0.15, -0.1) is 0 Å². The number of fused-ring (bicyclic) bond motifs is 6. The Morgan fingerprint density at radius 2 is 1.42 bits per heavy atom. The molecule has 0 N–H and O–H groups in total. The number of carbonyl (C=O) groups excluding carboxylic acids is 4. The van der Waals surface area contributed by atoms with Crippen molar-refractivity contribution in [2.75, 3.05) is 23.0 Å². The van der Waals surface area contributed by atoms with E-state index in [1.54, 1.807) is 66.7 Å². The van der Waals surface area contributed by atoms with Crippen LogP contribution in [0.25, 0.3) is 6.08 Å². The van der Waals surface area contributed by atoms with Crippen LogP contribution in [0.5, 0.6) is 17.2 Å². The fraction of sp³-hybridized carbons (Fsp3) is 0.167. The number of imide groups is 1. The zero-order valence-electron chi connectivity index (χ0n) is 23.9. The lowest BCUT2D eigenvalue weighted by Crippen LogP contribution is -2.50. The minimum absolute atomic E-state index is 0.152. The second-order valence-electron chi connectivity index (χ2n) is 11.3. The van der Waals surface area contributed by atoms with E-state index in [-0.39, 0.29) is 17.4 Å². The predicted octanol–water partition coefficient (Wildman–Crippen LogP) is 4.68. The third kappa shape index (κ3) is 4.30. The first-order valence-electron chi connectivity index (χ1n) is 14.7. The molecule has 2 fully saturated rings. The van der Waals surface area contributed by atoms with Crippen molar-refractivity contribution >= 4 is 41.0 Å². The van der Waals surface area contributed by atoms with E-state index in [0.717, 1.165) is 16.2 Å². The van der Waals surface area contributed by atoms with Crippen molar-refractivity contribution in [2.45, 2.75) is 12.1 Å². The fourth-order valence-corrected chi connectivity index (χ4v) is 6.82. The molecule has 0 radical (unpaired) electrons. The summed E-state index contributed by atoms with van der Waals surface area (Å²) < 4.78 is 17.2. The average Bonchev–Trinajstić information content (AvgIpc) is 3.57. The number of hydrogen-bond acceptors (Lipinski definition) is 8. The summed E-state index contributed by atoms with van der Waals surface area (Å²) in [7, 11) is 0. The maximum absolute atomic E-state index is 14.2. The zero-order chi connectivity index (χ0) is 30.7. The van der Waals surface area contributed by atoms with Gasteiger partial charge in [-0.1, -0.05) is 60.7 Å². The van der Waals surface area contributed by atoms with E-state index in [0.29, 0.717) is 41.5 Å². The zero-order valence-corrected chi connectivity index (χ0v) is 23.9. The van der Waals surface area contributed by atoms with Crippen LogP contribution in [-0.4, -0.2) is 48.9 Å². The molecule has 9 nitrogen and oxygen atoms in total. The van der Waals surface area contributed by atoms with Crippen molar-refractivity contribution in [2.24, 2.45) is 11.8 Å². The molecule has 0 spiro atoms. The number of rotatable bonds is 5. The molecule has 0 unspecified atom stereocenters. The van der Waals surface area contributed by atoms with E-state index in [9.17, 15) is 19.2 Å². The molecule has 45 heavy (non-hydrogen) atoms. The van der Waals surface area contributed by atoms with Gasteiger partial charge in [-0.2, -0.15) is 0 Å². The summed E-state index contributed by atoms with van der Waals surface area (Å²) in [6.45, 7) is 0.777. The van der Waals surface area contributed by atoms with Crippen LogP contribution in [0.3, 0.4) is 0 Å². The lowest BCUT2D eigenvalue weighted by atomic mass is 9.89. The summed E-state index contributed by atoms with van der Waals surface area (Å²) in [5.41, 5.74) is 2.98. The van der Waals surface area contributed by atoms with Gasteiger partial charge in [0.05, 0.1) is 23.6 Å². The Labute approximate surface area is 258 Å². The monoisotopic (exact) mass is 598 g/mol. The van der Waals surface area contributed by atoms with E-state index in [2.05, 4.69) is 0 Å². The third-order valence-corrected chi connectivity index (χ3v) is 8.81. The van der Waals surface area contributed by atoms with Crippen LogP contribution in [0.1, 0.15) is 21.5 Å². The highest BCUT2D eigenvalue weighted by molar-refractivity contribution is 6.24. The van der Waals surface area contributed by atoms with Crippen molar-refractivity contribution in [3.05, 3.63) is 120 Å². The van der Waals surface area contributed by atoms with Crippen LogP contribution in [0, 0.1) is 11.8 Å². The van der Waals surface area contributed by atoms with Gasteiger partial charge in [0, 0.05) is 22.9 Å². The maximum Gasteiger partial charge on any atom is 0.335 e. The molecule has 4 heterocycles. The first-order chi connectivity index (χ1) is 22.0. The van der Waals surface area contributed by atoms with Crippen LogP contribution in [0.4, 0.5) is 11.4 Å². The standard InChI is InChI=1S/C36H26N2O7/c39-33(22-7-2-1-3-8-22)23-10-14-25(15-11-23)45-36(42)32-31-30(27-16-12-21-6-4-5-9-26(21)38(27)32)34(40)37(35(31)41)24-13-17-28-29(20-24)44-19-18-43-28/h1-17,20,27,30-32H,18-19H2/t27-,30+,31+,32-/m0/s1. The van der Waals surface area contributed by atoms with E-state index in [4.69, 9.17) is 14.2 Å². The van der Waals surface area contributed by atoms with Crippen molar-refractivity contribution in [1.29, 1.82) is 0 Å². The highest BCUT2D eigenvalue weighted by atomic mass is 16.6. The van der Waals surface area contributed by atoms with Crippen LogP contribution in [0.2, 0.25) is 0 Å². The van der Waals surface area contributed by atoms with E-state index in [1.807, 2.05) is 47.4 Å². The average molecular weight is 599 g/mol. The molecular weight excluding hydrogens is 572 g/mol. The number of benzene rings is 4. The number of carbonyl (C=O) groups is 4. The van der Waals surface area contributed by atoms with Gasteiger partial charge < -0.3 is 19.1 Å². The molecule has 9 heteroatoms. The number of esters is 1. The number of hydrogen-bond donors (Lipinski definition) is 0. The largest absolute Gasteiger partial charge is 0.486 e. The van der Waals surface area contributed by atoms with Crippen molar-refractivity contribution < 1.29 is 33.4 Å². The van der Waals surface area contributed by atoms with Gasteiger partial charge in [-0.25, -0.2) is 9.69 Å². The maximum atomic E-state index is 14.2. The molecule has 2 saturated heterocycles. The highest BCUT2D eigenvalue weighted by Crippen LogP contribution is 2.50. The van der Waals surface area contributed by atoms with E-state index >= 15 is 0 Å². The van der Waals surface area contributed by atoms with Crippen molar-refractivity contribution in [3.8, 4) is 17.2 Å². The number of para-hydroxylation sites is 1. The number of ketones is 1. The Bertz CT molecular complexity index is 1900. The molecule has 2 amide bonds. The Kier molecular flexibility index (Phi) is 6.26. The molecule has 8 rings (SSSR count). The lowest BCUT2D eigenvalue weighted by Gasteiger charge is -2.36. The Morgan fingerprint density at radius 1 is 0.733 bits per heavy atom. The number of ether oxygens (including phenoxy) is 3. The Hall–Kier alpha value is -5.70. The molecule has 0 aliphatic carbocycles. The lowest BCUT2D eigenvalue weighted by molar-refractivity contribution is -0.139. The van der Waals surface area contributed by atoms with Crippen molar-refractivity contribution in [3.63, 3.8) is 0 Å². The van der Waals surface area contributed by atoms with E-state index in [1.165, 1.54) is 0 Å². The second-order valence-corrected chi connectivity index (χ2v) is 11.3. The first kappa shape index (κ1) is 26.9. The summed E-state index contributed by atoms with van der Waals surface area (Å²) in [6, 6.07) is 26.1. The number of anilines is 2. The SMILES string of the molecule is O=C(c1ccccc1)c1ccc(OC(=O)[C@@H]2[C@@H]3C(=O)N(c4ccc5c(c4)OCCO5)C(=O)[C@@H]3[C@@H]3C=Cc4ccccc4N23)cc1. The molecule has 4 aromatic carbocycles. The topological polar surface area (TPSA) is 102 Å². The molecule has 4 aliphatic heterocycles. The summed E-state index contributed by atoms with van der Waals surface area (Å²) in [6.07, 6.45) is 3.81. The van der Waals surface area contributed by atoms with Crippen LogP contribution >= 0.6 is 0 Å². The molecular formula is C36H26N2O7. The van der Waals surface area contributed by atoms with Crippen LogP contribution < -0.4 is 24.0 Å². The molecule has 0 saturated carbocycles. The third-order valence-electron chi connectivity index (χ3n) is 8.81. The molecule has 4 atom stereocenters. The molecule has 4 aromatic rings. The van der Waals surface area contributed by atoms with Gasteiger partial charge in [-0.05, 0) is 48.0 Å². The smallest absolute Gasteiger partial charge is 0.335 e. The fourth-order valence-electron chi connectivity index (χ4n) is 6.82. The number of amides is 2. The summed E-state index contributed by atoms with van der Waals surface area (Å²) in [5, 5.41) is 0. The van der Waals surface area contributed by atoms with Gasteiger partial charge in [-0.3, -0.25) is 14.4 Å². The minimum atomic E-state index is -1.07. The quantitative estimate of drug-likeness (QED) is 0.141. The highest BCUT2D eigenvalue weighted by Gasteiger charge is 2.65. The Balaban J connectivity index is 1.13. The normalized spacial score (nSPS) is 22.5. The molecule has 222 valence electrons. The summed E-state index contributed by atoms with van der Waals surface area (Å²) in [4.78, 5) is 58.2. The minimum Gasteiger partial charge on any atom is -0.486 e. The summed E-state index contributed by atoms with van der Waals surface area (Å²) in [5.74, 6) is -2.25. The second kappa shape index (κ2) is 10.5. The first-order valence-corrected chi connectivity index (χ1v) is 14.7. The van der Waals surface area contributed by atoms with Gasteiger partial charge in [0.25, 0.3) is 0 Å². The van der Waals surface area contributed by atoms with Gasteiger partial charge in [0.1, 0.15) is 25.0 Å². The molecule has 4 aliphatic rings. The van der Waals surface area contributed by atoms with Gasteiger partial charge >= 0.3 is 5.97 Å². The van der Waals surface area contributed by atoms with E-state index < -0.39 is 35.8 Å². The van der Waals surface area contributed by atoms with Crippen molar-refractivity contribution in [1.82, 2.24) is 0 Å². The summed E-state index contributed by atoms with van der Waals surface area (Å²) >= 11 is 0.